The minimum atomic E-state index is -0.427. The van der Waals surface area contributed by atoms with Gasteiger partial charge in [-0.25, -0.2) is 0 Å². The molecule has 120 valence electrons. The van der Waals surface area contributed by atoms with E-state index in [1.54, 1.807) is 24.3 Å². The van der Waals surface area contributed by atoms with E-state index in [2.05, 4.69) is 33.2 Å². The maximum Gasteiger partial charge on any atom is 0.261 e. The van der Waals surface area contributed by atoms with Crippen molar-refractivity contribution in [2.75, 3.05) is 12.4 Å². The number of carbonyl (C=O) groups excluding carboxylic acids is 1. The summed E-state index contributed by atoms with van der Waals surface area (Å²) < 4.78 is 6.15. The van der Waals surface area contributed by atoms with E-state index >= 15 is 0 Å². The lowest BCUT2D eigenvalue weighted by atomic mass is 10.2. The van der Waals surface area contributed by atoms with E-state index < -0.39 is 5.91 Å². The number of benzene rings is 2. The second-order valence-electron chi connectivity index (χ2n) is 4.38. The average Bonchev–Trinajstić information content (AvgIpc) is 2.50. The number of methoxy groups -OCH3 is 1. The Morgan fingerprint density at radius 2 is 1.96 bits per heavy atom. The average molecular weight is 481 g/mol. The number of thiocarbonyl (C=S) groups is 1. The van der Waals surface area contributed by atoms with Crippen molar-refractivity contribution in [3.05, 3.63) is 55.6 Å². The maximum absolute atomic E-state index is 12.3. The van der Waals surface area contributed by atoms with Crippen molar-refractivity contribution in [3.8, 4) is 5.75 Å². The van der Waals surface area contributed by atoms with Crippen LogP contribution in [0.25, 0.3) is 0 Å². The largest absolute Gasteiger partial charge is 0.496 e. The first kappa shape index (κ1) is 18.3. The van der Waals surface area contributed by atoms with Crippen LogP contribution in [-0.2, 0) is 0 Å². The summed E-state index contributed by atoms with van der Waals surface area (Å²) in [5.41, 5.74) is 0.897. The number of ether oxygens (including phenoxy) is 1. The van der Waals surface area contributed by atoms with Gasteiger partial charge in [-0.05, 0) is 71.2 Å². The van der Waals surface area contributed by atoms with E-state index in [0.29, 0.717) is 21.5 Å². The van der Waals surface area contributed by atoms with Crippen LogP contribution in [0.1, 0.15) is 10.4 Å². The van der Waals surface area contributed by atoms with Gasteiger partial charge in [0.05, 0.1) is 23.4 Å². The number of anilines is 1. The van der Waals surface area contributed by atoms with Gasteiger partial charge in [-0.3, -0.25) is 10.1 Å². The van der Waals surface area contributed by atoms with E-state index in [1.807, 2.05) is 6.07 Å². The fraction of sp³-hybridized carbons (Fsp3) is 0.0667. The molecule has 0 atom stereocenters. The van der Waals surface area contributed by atoms with Crippen molar-refractivity contribution in [3.63, 3.8) is 0 Å². The van der Waals surface area contributed by atoms with Crippen molar-refractivity contribution in [2.24, 2.45) is 0 Å². The van der Waals surface area contributed by atoms with Gasteiger partial charge in [0, 0.05) is 8.59 Å². The molecule has 2 aromatic rings. The number of hydrogen-bond donors (Lipinski definition) is 2. The van der Waals surface area contributed by atoms with Crippen LogP contribution < -0.4 is 15.4 Å². The third-order valence-electron chi connectivity index (χ3n) is 2.81. The molecule has 0 unspecified atom stereocenters. The Labute approximate surface area is 162 Å². The summed E-state index contributed by atoms with van der Waals surface area (Å²) in [6.07, 6.45) is 0. The van der Waals surface area contributed by atoms with Gasteiger partial charge in [0.1, 0.15) is 5.75 Å². The molecule has 2 rings (SSSR count). The molecule has 0 bridgehead atoms. The Bertz CT molecular complexity index is 771. The number of halogens is 3. The molecule has 2 N–H and O–H groups in total. The van der Waals surface area contributed by atoms with Crippen LogP contribution in [-0.4, -0.2) is 18.1 Å². The molecule has 23 heavy (non-hydrogen) atoms. The molecule has 0 saturated heterocycles. The first-order valence-corrected chi connectivity index (χ1v) is 8.56. The molecule has 0 aliphatic heterocycles. The van der Waals surface area contributed by atoms with Crippen molar-refractivity contribution in [2.45, 2.75) is 0 Å². The molecular weight excluding hydrogens is 470 g/mol. The van der Waals surface area contributed by atoms with Crippen LogP contribution in [0.2, 0.25) is 10.0 Å². The summed E-state index contributed by atoms with van der Waals surface area (Å²) in [6, 6.07) is 10.2. The molecule has 1 amide bonds. The van der Waals surface area contributed by atoms with E-state index in [1.165, 1.54) is 13.2 Å². The van der Waals surface area contributed by atoms with Crippen LogP contribution in [0.3, 0.4) is 0 Å². The molecule has 0 aromatic heterocycles. The molecular formula is C15H11Cl2IN2O2S. The normalized spacial score (nSPS) is 10.1. The highest BCUT2D eigenvalue weighted by Crippen LogP contribution is 2.24. The van der Waals surface area contributed by atoms with E-state index in [9.17, 15) is 4.79 Å². The molecule has 0 radical (unpaired) electrons. The zero-order valence-electron chi connectivity index (χ0n) is 11.8. The molecule has 0 fully saturated rings. The lowest BCUT2D eigenvalue weighted by Crippen LogP contribution is -2.34. The Morgan fingerprint density at radius 1 is 1.22 bits per heavy atom. The minimum Gasteiger partial charge on any atom is -0.496 e. The summed E-state index contributed by atoms with van der Waals surface area (Å²) >= 11 is 19.3. The third-order valence-corrected chi connectivity index (χ3v) is 4.24. The number of amides is 1. The zero-order chi connectivity index (χ0) is 17.0. The molecule has 0 heterocycles. The molecule has 0 saturated carbocycles. The van der Waals surface area contributed by atoms with Gasteiger partial charge in [0.25, 0.3) is 5.91 Å². The van der Waals surface area contributed by atoms with Crippen LogP contribution in [0.15, 0.2) is 36.4 Å². The van der Waals surface area contributed by atoms with Gasteiger partial charge in [-0.1, -0.05) is 23.2 Å². The quantitative estimate of drug-likeness (QED) is 0.492. The Kier molecular flexibility index (Phi) is 6.46. The highest BCUT2D eigenvalue weighted by atomic mass is 127. The van der Waals surface area contributed by atoms with Crippen molar-refractivity contribution >= 4 is 74.7 Å². The number of hydrogen-bond acceptors (Lipinski definition) is 3. The summed E-state index contributed by atoms with van der Waals surface area (Å²) in [5.74, 6) is -0.0227. The molecule has 4 nitrogen and oxygen atoms in total. The number of nitrogens with one attached hydrogen (secondary N) is 2. The highest BCUT2D eigenvalue weighted by Gasteiger charge is 2.14. The van der Waals surface area contributed by atoms with E-state index in [4.69, 9.17) is 40.2 Å². The van der Waals surface area contributed by atoms with E-state index in [0.717, 1.165) is 3.57 Å². The molecule has 2 aromatic carbocycles. The lowest BCUT2D eigenvalue weighted by Gasteiger charge is -2.13. The monoisotopic (exact) mass is 480 g/mol. The summed E-state index contributed by atoms with van der Waals surface area (Å²) in [6.45, 7) is 0. The van der Waals surface area contributed by atoms with Crippen LogP contribution in [0.5, 0.6) is 5.75 Å². The topological polar surface area (TPSA) is 50.4 Å². The summed E-state index contributed by atoms with van der Waals surface area (Å²) in [4.78, 5) is 12.3. The van der Waals surface area contributed by atoms with Crippen LogP contribution >= 0.6 is 58.0 Å². The smallest absolute Gasteiger partial charge is 0.261 e. The Balaban J connectivity index is 2.11. The Hall–Kier alpha value is -1.09. The third kappa shape index (κ3) is 4.94. The van der Waals surface area contributed by atoms with Gasteiger partial charge < -0.3 is 10.1 Å². The van der Waals surface area contributed by atoms with Crippen molar-refractivity contribution < 1.29 is 9.53 Å². The second kappa shape index (κ2) is 8.14. The van der Waals surface area contributed by atoms with Gasteiger partial charge in [0.15, 0.2) is 5.11 Å². The lowest BCUT2D eigenvalue weighted by molar-refractivity contribution is 0.0975. The van der Waals surface area contributed by atoms with Crippen LogP contribution in [0.4, 0.5) is 5.69 Å². The first-order chi connectivity index (χ1) is 10.9. The summed E-state index contributed by atoms with van der Waals surface area (Å²) in [5, 5.41) is 6.51. The standard InChI is InChI=1S/C15H11Cl2IN2O2S/c1-22-13-5-2-8(16)6-10(13)14(21)20-15(23)19-12-4-3-9(18)7-11(12)17/h2-7H,1H3,(H2,19,20,21,23). The fourth-order valence-electron chi connectivity index (χ4n) is 1.77. The number of carbonyl (C=O) groups is 1. The van der Waals surface area contributed by atoms with Gasteiger partial charge >= 0.3 is 0 Å². The predicted molar refractivity (Wildman–Crippen MR) is 106 cm³/mol. The molecule has 0 spiro atoms. The van der Waals surface area contributed by atoms with E-state index in [-0.39, 0.29) is 10.7 Å². The Morgan fingerprint density at radius 3 is 2.61 bits per heavy atom. The summed E-state index contributed by atoms with van der Waals surface area (Å²) in [7, 11) is 1.47. The molecule has 0 aliphatic carbocycles. The van der Waals surface area contributed by atoms with Gasteiger partial charge in [-0.15, -0.1) is 0 Å². The van der Waals surface area contributed by atoms with Gasteiger partial charge in [-0.2, -0.15) is 0 Å². The zero-order valence-corrected chi connectivity index (χ0v) is 16.3. The first-order valence-electron chi connectivity index (χ1n) is 6.31. The molecule has 8 heteroatoms. The van der Waals surface area contributed by atoms with Crippen LogP contribution in [0, 0.1) is 3.57 Å². The SMILES string of the molecule is COc1ccc(Cl)cc1C(=O)NC(=S)Nc1ccc(I)cc1Cl. The second-order valence-corrected chi connectivity index (χ2v) is 6.87. The van der Waals surface area contributed by atoms with Gasteiger partial charge in [0.2, 0.25) is 0 Å². The maximum atomic E-state index is 12.3. The van der Waals surface area contributed by atoms with Crippen molar-refractivity contribution in [1.29, 1.82) is 0 Å². The van der Waals surface area contributed by atoms with Crippen molar-refractivity contribution in [1.82, 2.24) is 5.32 Å². The predicted octanol–water partition coefficient (Wildman–Crippen LogP) is 4.73. The highest BCUT2D eigenvalue weighted by molar-refractivity contribution is 14.1. The molecule has 0 aliphatic rings. The fourth-order valence-corrected chi connectivity index (χ4v) is 3.05. The minimum absolute atomic E-state index is 0.125. The number of rotatable bonds is 3.